The van der Waals surface area contributed by atoms with Crippen LogP contribution in [-0.2, 0) is 4.79 Å². The van der Waals surface area contributed by atoms with E-state index in [1.54, 1.807) is 0 Å². The first kappa shape index (κ1) is 10.1. The molecule has 0 spiro atoms. The first-order chi connectivity index (χ1) is 5.37. The van der Waals surface area contributed by atoms with Crippen LogP contribution in [0.4, 0.5) is 0 Å². The molecule has 0 N–H and O–H groups in total. The first-order valence-electron chi connectivity index (χ1n) is 3.90. The zero-order chi connectivity index (χ0) is 9.52. The predicted octanol–water partition coefficient (Wildman–Crippen LogP) is 3.17. The van der Waals surface area contributed by atoms with Crippen molar-refractivity contribution < 1.29 is 4.79 Å². The minimum absolute atomic E-state index is 0.00498. The molecule has 0 radical (unpaired) electrons. The molecule has 0 heterocycles. The van der Waals surface area contributed by atoms with Gasteiger partial charge in [0.15, 0.2) is 0 Å². The molecule has 0 unspecified atom stereocenters. The van der Waals surface area contributed by atoms with Crippen molar-refractivity contribution in [3.05, 3.63) is 11.1 Å². The molecule has 1 fully saturated rings. The van der Waals surface area contributed by atoms with Gasteiger partial charge in [-0.1, -0.05) is 31.5 Å². The van der Waals surface area contributed by atoms with Crippen LogP contribution in [0.15, 0.2) is 11.1 Å². The third-order valence-corrected chi connectivity index (χ3v) is 2.93. The maximum atomic E-state index is 10.9. The number of carbonyl (C=O) groups excluding carboxylic acids is 1. The van der Waals surface area contributed by atoms with Gasteiger partial charge in [-0.3, -0.25) is 4.79 Å². The quantitative estimate of drug-likeness (QED) is 0.635. The fourth-order valence-corrected chi connectivity index (χ4v) is 2.22. The Kier molecular flexibility index (Phi) is 2.55. The monoisotopic (exact) mass is 206 g/mol. The van der Waals surface area contributed by atoms with Crippen LogP contribution in [0.3, 0.4) is 0 Å². The van der Waals surface area contributed by atoms with Crippen molar-refractivity contribution >= 4 is 28.4 Å². The molecule has 0 amide bonds. The molecule has 1 nitrogen and oxygen atoms in total. The molecule has 1 saturated carbocycles. The van der Waals surface area contributed by atoms with Crippen molar-refractivity contribution in [1.82, 2.24) is 0 Å². The highest BCUT2D eigenvalue weighted by atomic mass is 35.5. The van der Waals surface area contributed by atoms with E-state index in [2.05, 4.69) is 0 Å². The third-order valence-electron chi connectivity index (χ3n) is 2.56. The summed E-state index contributed by atoms with van der Waals surface area (Å²) in [5.41, 5.74) is -0.00498. The van der Waals surface area contributed by atoms with E-state index in [1.165, 1.54) is 0 Å². The summed E-state index contributed by atoms with van der Waals surface area (Å²) in [6, 6.07) is 0. The molecule has 0 aromatic rings. The minimum atomic E-state index is -0.251. The molecule has 1 rings (SSSR count). The Hall–Kier alpha value is -0.0100. The SMILES string of the molecule is CC(Cl)=C[C@@H]1[C@H](C(=O)Cl)C1(C)C. The van der Waals surface area contributed by atoms with Gasteiger partial charge >= 0.3 is 0 Å². The Morgan fingerprint density at radius 1 is 1.42 bits per heavy atom. The number of allylic oxidation sites excluding steroid dienone is 2. The normalized spacial score (nSPS) is 33.2. The summed E-state index contributed by atoms with van der Waals surface area (Å²) in [5, 5.41) is 0.479. The standard InChI is InChI=1S/C9H12Cl2O/c1-5(10)4-6-7(8(11)12)9(6,2)3/h4,6-7H,1-3H3/t6-,7-/m1/s1. The first-order valence-corrected chi connectivity index (χ1v) is 4.66. The summed E-state index contributed by atoms with van der Waals surface area (Å²) in [6.07, 6.45) is 1.91. The predicted molar refractivity (Wildman–Crippen MR) is 51.2 cm³/mol. The van der Waals surface area contributed by atoms with Crippen LogP contribution in [-0.4, -0.2) is 5.24 Å². The number of hydrogen-bond donors (Lipinski definition) is 0. The second-order valence-corrected chi connectivity index (χ2v) is 4.85. The molecular weight excluding hydrogens is 195 g/mol. The van der Waals surface area contributed by atoms with Crippen LogP contribution < -0.4 is 0 Å². The van der Waals surface area contributed by atoms with Crippen LogP contribution in [0.2, 0.25) is 0 Å². The van der Waals surface area contributed by atoms with E-state index in [-0.39, 0.29) is 22.5 Å². The van der Waals surface area contributed by atoms with Crippen LogP contribution in [0, 0.1) is 17.3 Å². The lowest BCUT2D eigenvalue weighted by atomic mass is 10.1. The van der Waals surface area contributed by atoms with Crippen molar-refractivity contribution in [2.75, 3.05) is 0 Å². The molecule has 0 aromatic heterocycles. The smallest absolute Gasteiger partial charge is 0.225 e. The molecule has 0 aliphatic heterocycles. The number of hydrogen-bond acceptors (Lipinski definition) is 1. The maximum Gasteiger partial charge on any atom is 0.225 e. The van der Waals surface area contributed by atoms with Crippen LogP contribution >= 0.6 is 23.2 Å². The fraction of sp³-hybridized carbons (Fsp3) is 0.667. The highest BCUT2D eigenvalue weighted by Gasteiger charge is 2.59. The second-order valence-electron chi connectivity index (χ2n) is 3.88. The van der Waals surface area contributed by atoms with Crippen LogP contribution in [0.1, 0.15) is 20.8 Å². The van der Waals surface area contributed by atoms with Gasteiger partial charge in [0.1, 0.15) is 0 Å². The Labute approximate surface area is 82.7 Å². The van der Waals surface area contributed by atoms with E-state index < -0.39 is 0 Å². The molecule has 2 atom stereocenters. The molecule has 0 aromatic carbocycles. The molecule has 12 heavy (non-hydrogen) atoms. The van der Waals surface area contributed by atoms with E-state index in [0.717, 1.165) is 5.03 Å². The van der Waals surface area contributed by atoms with E-state index in [0.29, 0.717) is 0 Å². The number of carbonyl (C=O) groups is 1. The van der Waals surface area contributed by atoms with E-state index in [1.807, 2.05) is 26.8 Å². The third kappa shape index (κ3) is 1.67. The zero-order valence-electron chi connectivity index (χ0n) is 7.40. The van der Waals surface area contributed by atoms with Gasteiger partial charge in [0.05, 0.1) is 0 Å². The van der Waals surface area contributed by atoms with Crippen molar-refractivity contribution in [2.45, 2.75) is 20.8 Å². The van der Waals surface area contributed by atoms with Gasteiger partial charge in [-0.25, -0.2) is 0 Å². The molecule has 0 bridgehead atoms. The Morgan fingerprint density at radius 2 is 1.92 bits per heavy atom. The van der Waals surface area contributed by atoms with Gasteiger partial charge in [-0.15, -0.1) is 0 Å². The van der Waals surface area contributed by atoms with Gasteiger partial charge in [0.2, 0.25) is 5.24 Å². The van der Waals surface area contributed by atoms with Gasteiger partial charge in [-0.05, 0) is 29.9 Å². The second kappa shape index (κ2) is 3.04. The van der Waals surface area contributed by atoms with Crippen molar-refractivity contribution in [3.63, 3.8) is 0 Å². The Balaban J connectivity index is 2.73. The van der Waals surface area contributed by atoms with Crippen molar-refractivity contribution in [2.24, 2.45) is 17.3 Å². The zero-order valence-corrected chi connectivity index (χ0v) is 8.91. The Bertz CT molecular complexity index is 239. The lowest BCUT2D eigenvalue weighted by Gasteiger charge is -1.96. The van der Waals surface area contributed by atoms with Gasteiger partial charge in [0, 0.05) is 11.0 Å². The average molecular weight is 207 g/mol. The van der Waals surface area contributed by atoms with E-state index in [4.69, 9.17) is 23.2 Å². The lowest BCUT2D eigenvalue weighted by Crippen LogP contribution is -1.96. The van der Waals surface area contributed by atoms with Crippen molar-refractivity contribution in [3.8, 4) is 0 Å². The summed E-state index contributed by atoms with van der Waals surface area (Å²) in [6.45, 7) is 5.86. The molecule has 0 saturated heterocycles. The minimum Gasteiger partial charge on any atom is -0.281 e. The van der Waals surface area contributed by atoms with Gasteiger partial charge in [0.25, 0.3) is 0 Å². The van der Waals surface area contributed by atoms with Crippen LogP contribution in [0.25, 0.3) is 0 Å². The fourth-order valence-electron chi connectivity index (χ4n) is 1.67. The van der Waals surface area contributed by atoms with Gasteiger partial charge < -0.3 is 0 Å². The lowest BCUT2D eigenvalue weighted by molar-refractivity contribution is -0.113. The van der Waals surface area contributed by atoms with Crippen LogP contribution in [0.5, 0.6) is 0 Å². The summed E-state index contributed by atoms with van der Waals surface area (Å²) in [4.78, 5) is 10.9. The summed E-state index contributed by atoms with van der Waals surface area (Å²) in [5.74, 6) is 0.174. The summed E-state index contributed by atoms with van der Waals surface area (Å²) in [7, 11) is 0. The molecule has 1 aliphatic rings. The van der Waals surface area contributed by atoms with E-state index >= 15 is 0 Å². The summed E-state index contributed by atoms with van der Waals surface area (Å²) >= 11 is 11.1. The molecule has 68 valence electrons. The molecule has 1 aliphatic carbocycles. The average Bonchev–Trinajstić information content (AvgIpc) is 2.32. The Morgan fingerprint density at radius 3 is 2.17 bits per heavy atom. The molecular formula is C9H12Cl2O. The summed E-state index contributed by atoms with van der Waals surface area (Å²) < 4.78 is 0. The number of rotatable bonds is 2. The molecule has 3 heteroatoms. The highest BCUT2D eigenvalue weighted by molar-refractivity contribution is 6.64. The largest absolute Gasteiger partial charge is 0.281 e. The van der Waals surface area contributed by atoms with Gasteiger partial charge in [-0.2, -0.15) is 0 Å². The topological polar surface area (TPSA) is 17.1 Å². The van der Waals surface area contributed by atoms with E-state index in [9.17, 15) is 4.79 Å². The maximum absolute atomic E-state index is 10.9. The highest BCUT2D eigenvalue weighted by Crippen LogP contribution is 2.60. The van der Waals surface area contributed by atoms with Crippen molar-refractivity contribution in [1.29, 1.82) is 0 Å². The number of halogens is 2.